The summed E-state index contributed by atoms with van der Waals surface area (Å²) in [5.41, 5.74) is 1.02. The van der Waals surface area contributed by atoms with E-state index in [1.165, 1.54) is 0 Å². The number of hydrogen-bond donors (Lipinski definition) is 2. The Morgan fingerprint density at radius 2 is 2.24 bits per heavy atom. The van der Waals surface area contributed by atoms with Gasteiger partial charge in [0, 0.05) is 36.8 Å². The van der Waals surface area contributed by atoms with E-state index in [9.17, 15) is 8.42 Å². The summed E-state index contributed by atoms with van der Waals surface area (Å²) in [5, 5.41) is 3.32. The van der Waals surface area contributed by atoms with Crippen LogP contribution in [0.5, 0.6) is 0 Å². The van der Waals surface area contributed by atoms with Crippen LogP contribution >= 0.6 is 11.8 Å². The number of thioether (sulfide) groups is 1. The van der Waals surface area contributed by atoms with Crippen LogP contribution in [0.4, 0.5) is 0 Å². The quantitative estimate of drug-likeness (QED) is 0.713. The van der Waals surface area contributed by atoms with E-state index in [4.69, 9.17) is 0 Å². The second kappa shape index (κ2) is 7.67. The average Bonchev–Trinajstić information content (AvgIpc) is 3.08. The van der Waals surface area contributed by atoms with Crippen LogP contribution in [0, 0.1) is 0 Å². The van der Waals surface area contributed by atoms with Crippen molar-refractivity contribution in [2.24, 2.45) is 0 Å². The molecule has 0 aliphatic carbocycles. The fraction of sp³-hybridized carbons (Fsp3) is 0.714. The predicted octanol–water partition coefficient (Wildman–Crippen LogP) is 1.79. The van der Waals surface area contributed by atoms with Crippen molar-refractivity contribution in [2.75, 3.05) is 18.1 Å². The zero-order valence-corrected chi connectivity index (χ0v) is 14.4. The molecule has 1 fully saturated rings. The fourth-order valence-electron chi connectivity index (χ4n) is 2.42. The number of rotatable bonds is 8. The highest BCUT2D eigenvalue weighted by molar-refractivity contribution is 7.99. The molecule has 120 valence electrons. The van der Waals surface area contributed by atoms with Crippen molar-refractivity contribution in [1.82, 2.24) is 14.6 Å². The molecule has 2 heterocycles. The molecule has 5 nitrogen and oxygen atoms in total. The lowest BCUT2D eigenvalue weighted by atomic mass is 10.3. The van der Waals surface area contributed by atoms with Gasteiger partial charge in [0.2, 0.25) is 10.0 Å². The van der Waals surface area contributed by atoms with Crippen molar-refractivity contribution in [3.63, 3.8) is 0 Å². The van der Waals surface area contributed by atoms with E-state index in [1.54, 1.807) is 24.0 Å². The minimum absolute atomic E-state index is 0.0756. The van der Waals surface area contributed by atoms with Gasteiger partial charge in [0.05, 0.1) is 4.90 Å². The van der Waals surface area contributed by atoms with Crippen LogP contribution < -0.4 is 10.0 Å². The fourth-order valence-corrected chi connectivity index (χ4v) is 5.01. The summed E-state index contributed by atoms with van der Waals surface area (Å²) < 4.78 is 29.7. The van der Waals surface area contributed by atoms with Crippen LogP contribution in [0.15, 0.2) is 17.2 Å². The first-order valence-corrected chi connectivity index (χ1v) is 10.2. The van der Waals surface area contributed by atoms with Gasteiger partial charge in [0.25, 0.3) is 0 Å². The maximum atomic E-state index is 12.4. The lowest BCUT2D eigenvalue weighted by Crippen LogP contribution is -2.34. The van der Waals surface area contributed by atoms with Crippen LogP contribution in [0.25, 0.3) is 0 Å². The summed E-state index contributed by atoms with van der Waals surface area (Å²) >= 11 is 1.80. The van der Waals surface area contributed by atoms with Crippen LogP contribution in [0.3, 0.4) is 0 Å². The first-order valence-electron chi connectivity index (χ1n) is 7.56. The van der Waals surface area contributed by atoms with Gasteiger partial charge < -0.3 is 9.88 Å². The SMILES string of the molecule is CCCNCc1cc(S(=O)(=O)NC2CCSC2)cn1CC. The van der Waals surface area contributed by atoms with E-state index in [1.807, 2.05) is 11.5 Å². The number of aromatic nitrogens is 1. The maximum Gasteiger partial charge on any atom is 0.242 e. The van der Waals surface area contributed by atoms with Crippen LogP contribution in [-0.2, 0) is 23.1 Å². The summed E-state index contributed by atoms with van der Waals surface area (Å²) in [6, 6.07) is 1.86. The second-order valence-electron chi connectivity index (χ2n) is 5.31. The molecule has 1 aliphatic rings. The van der Waals surface area contributed by atoms with E-state index < -0.39 is 10.0 Å². The molecule has 0 bridgehead atoms. The van der Waals surface area contributed by atoms with E-state index in [2.05, 4.69) is 17.0 Å². The highest BCUT2D eigenvalue weighted by atomic mass is 32.2. The molecule has 0 spiro atoms. The molecule has 1 unspecified atom stereocenters. The number of nitrogens with zero attached hydrogens (tertiary/aromatic N) is 1. The molecule has 1 saturated heterocycles. The zero-order chi connectivity index (χ0) is 15.3. The molecule has 2 N–H and O–H groups in total. The minimum atomic E-state index is -3.40. The Hall–Kier alpha value is -0.500. The molecule has 2 rings (SSSR count). The molecule has 0 amide bonds. The molecule has 21 heavy (non-hydrogen) atoms. The highest BCUT2D eigenvalue weighted by Crippen LogP contribution is 2.21. The van der Waals surface area contributed by atoms with Gasteiger partial charge in [-0.15, -0.1) is 0 Å². The lowest BCUT2D eigenvalue weighted by molar-refractivity contribution is 0.563. The molecule has 1 aromatic rings. The Kier molecular flexibility index (Phi) is 6.16. The van der Waals surface area contributed by atoms with Crippen molar-refractivity contribution in [3.8, 4) is 0 Å². The summed E-state index contributed by atoms with van der Waals surface area (Å²) in [4.78, 5) is 0.384. The largest absolute Gasteiger partial charge is 0.349 e. The molecule has 1 aromatic heterocycles. The van der Waals surface area contributed by atoms with Gasteiger partial charge in [0.15, 0.2) is 0 Å². The molecular weight excluding hydrogens is 306 g/mol. The number of aryl methyl sites for hydroxylation is 1. The first kappa shape index (κ1) is 16.9. The van der Waals surface area contributed by atoms with Crippen molar-refractivity contribution >= 4 is 21.8 Å². The van der Waals surface area contributed by atoms with Crippen LogP contribution in [-0.4, -0.2) is 37.1 Å². The summed E-state index contributed by atoms with van der Waals surface area (Å²) in [7, 11) is -3.40. The van der Waals surface area contributed by atoms with Gasteiger partial charge in [-0.25, -0.2) is 13.1 Å². The first-order chi connectivity index (χ1) is 10.1. The monoisotopic (exact) mass is 331 g/mol. The van der Waals surface area contributed by atoms with Gasteiger partial charge in [-0.05, 0) is 38.1 Å². The average molecular weight is 332 g/mol. The van der Waals surface area contributed by atoms with E-state index in [0.29, 0.717) is 11.4 Å². The number of hydrogen-bond acceptors (Lipinski definition) is 4. The smallest absolute Gasteiger partial charge is 0.242 e. The molecule has 1 aliphatic heterocycles. The van der Waals surface area contributed by atoms with Crippen molar-refractivity contribution in [3.05, 3.63) is 18.0 Å². The van der Waals surface area contributed by atoms with Gasteiger partial charge in [-0.1, -0.05) is 6.92 Å². The zero-order valence-electron chi connectivity index (χ0n) is 12.8. The lowest BCUT2D eigenvalue weighted by Gasteiger charge is -2.10. The van der Waals surface area contributed by atoms with Gasteiger partial charge in [-0.2, -0.15) is 11.8 Å². The van der Waals surface area contributed by atoms with E-state index >= 15 is 0 Å². The van der Waals surface area contributed by atoms with Gasteiger partial charge in [0.1, 0.15) is 0 Å². The van der Waals surface area contributed by atoms with Gasteiger partial charge >= 0.3 is 0 Å². The van der Waals surface area contributed by atoms with E-state index in [-0.39, 0.29) is 6.04 Å². The molecule has 0 saturated carbocycles. The molecule has 1 atom stereocenters. The van der Waals surface area contributed by atoms with Crippen LogP contribution in [0.1, 0.15) is 32.4 Å². The topological polar surface area (TPSA) is 63.1 Å². The predicted molar refractivity (Wildman–Crippen MR) is 88.2 cm³/mol. The Balaban J connectivity index is 2.10. The Bertz CT molecular complexity index is 549. The normalized spacial score (nSPS) is 19.2. The van der Waals surface area contributed by atoms with E-state index in [0.717, 1.165) is 43.1 Å². The van der Waals surface area contributed by atoms with Crippen LogP contribution in [0.2, 0.25) is 0 Å². The highest BCUT2D eigenvalue weighted by Gasteiger charge is 2.24. The third kappa shape index (κ3) is 4.48. The van der Waals surface area contributed by atoms with Gasteiger partial charge in [-0.3, -0.25) is 0 Å². The summed E-state index contributed by atoms with van der Waals surface area (Å²) in [5.74, 6) is 1.91. The minimum Gasteiger partial charge on any atom is -0.349 e. The maximum absolute atomic E-state index is 12.4. The summed E-state index contributed by atoms with van der Waals surface area (Å²) in [6.45, 7) is 6.56. The Morgan fingerprint density at radius 3 is 2.86 bits per heavy atom. The second-order valence-corrected chi connectivity index (χ2v) is 8.18. The molecule has 7 heteroatoms. The summed E-state index contributed by atoms with van der Waals surface area (Å²) in [6.07, 6.45) is 3.73. The van der Waals surface area contributed by atoms with Crippen molar-refractivity contribution < 1.29 is 8.42 Å². The Morgan fingerprint density at radius 1 is 1.43 bits per heavy atom. The van der Waals surface area contributed by atoms with Crippen molar-refractivity contribution in [2.45, 2.75) is 50.7 Å². The standard InChI is InChI=1S/C14H25N3O2S2/c1-3-6-15-9-13-8-14(10-17(13)4-2)21(18,19)16-12-5-7-20-11-12/h8,10,12,15-16H,3-7,9,11H2,1-2H3. The molecule has 0 aromatic carbocycles. The molecule has 0 radical (unpaired) electrons. The molecular formula is C14H25N3O2S2. The number of nitrogens with one attached hydrogen (secondary N) is 2. The third-order valence-corrected chi connectivity index (χ3v) is 6.25. The van der Waals surface area contributed by atoms with Crippen molar-refractivity contribution in [1.29, 1.82) is 0 Å². The Labute approximate surface area is 131 Å². The third-order valence-electron chi connectivity index (χ3n) is 3.60. The number of sulfonamides is 1.